The minimum atomic E-state index is -0.285. The maximum Gasteiger partial charge on any atom is 0.139 e. The van der Waals surface area contributed by atoms with Gasteiger partial charge >= 0.3 is 0 Å². The Bertz CT molecular complexity index is 831. The van der Waals surface area contributed by atoms with Crippen LogP contribution in [0, 0.1) is 5.82 Å². The van der Waals surface area contributed by atoms with Crippen LogP contribution in [0.2, 0.25) is 0 Å². The lowest BCUT2D eigenvalue weighted by molar-refractivity contribution is 0.415. The zero-order valence-electron chi connectivity index (χ0n) is 13.2. The SMILES string of the molecule is COc1ccc(C(C)(C)C)cc1-c1cn2cc(F)ccc2n1. The van der Waals surface area contributed by atoms with E-state index in [4.69, 9.17) is 4.74 Å². The van der Waals surface area contributed by atoms with Gasteiger partial charge in [0.15, 0.2) is 0 Å². The molecular formula is C18H19FN2O. The molecule has 4 heteroatoms. The molecule has 0 aliphatic heterocycles. The van der Waals surface area contributed by atoms with E-state index in [1.54, 1.807) is 17.6 Å². The summed E-state index contributed by atoms with van der Waals surface area (Å²) in [5.41, 5.74) is 3.63. The Morgan fingerprint density at radius 2 is 1.86 bits per heavy atom. The van der Waals surface area contributed by atoms with Gasteiger partial charge in [-0.05, 0) is 35.2 Å². The van der Waals surface area contributed by atoms with E-state index in [0.29, 0.717) is 5.65 Å². The van der Waals surface area contributed by atoms with Gasteiger partial charge in [-0.25, -0.2) is 9.37 Å². The third kappa shape index (κ3) is 2.56. The Labute approximate surface area is 129 Å². The Kier molecular flexibility index (Phi) is 3.39. The van der Waals surface area contributed by atoms with E-state index in [-0.39, 0.29) is 11.2 Å². The molecule has 0 saturated heterocycles. The van der Waals surface area contributed by atoms with Gasteiger partial charge in [0.05, 0.1) is 12.8 Å². The number of hydrogen-bond donors (Lipinski definition) is 0. The predicted molar refractivity (Wildman–Crippen MR) is 85.8 cm³/mol. The minimum absolute atomic E-state index is 0.0340. The van der Waals surface area contributed by atoms with Crippen molar-refractivity contribution >= 4 is 5.65 Å². The van der Waals surface area contributed by atoms with Gasteiger partial charge in [-0.15, -0.1) is 0 Å². The monoisotopic (exact) mass is 298 g/mol. The third-order valence-corrected chi connectivity index (χ3v) is 3.76. The molecule has 2 aromatic heterocycles. The van der Waals surface area contributed by atoms with Gasteiger partial charge in [-0.2, -0.15) is 0 Å². The highest BCUT2D eigenvalue weighted by atomic mass is 19.1. The zero-order valence-corrected chi connectivity index (χ0v) is 13.2. The van der Waals surface area contributed by atoms with Crippen LogP contribution in [0.4, 0.5) is 4.39 Å². The second-order valence-corrected chi connectivity index (χ2v) is 6.40. The maximum absolute atomic E-state index is 13.3. The average molecular weight is 298 g/mol. The molecule has 3 nitrogen and oxygen atoms in total. The summed E-state index contributed by atoms with van der Waals surface area (Å²) in [5, 5.41) is 0. The molecule has 0 aliphatic rings. The number of benzene rings is 1. The number of hydrogen-bond acceptors (Lipinski definition) is 2. The van der Waals surface area contributed by atoms with Crippen LogP contribution < -0.4 is 4.74 Å². The largest absolute Gasteiger partial charge is 0.496 e. The van der Waals surface area contributed by atoms with Gasteiger partial charge in [0.2, 0.25) is 0 Å². The number of pyridine rings is 1. The van der Waals surface area contributed by atoms with Crippen molar-refractivity contribution in [2.75, 3.05) is 7.11 Å². The van der Waals surface area contributed by atoms with Crippen LogP contribution in [0.15, 0.2) is 42.7 Å². The first kappa shape index (κ1) is 14.6. The first-order valence-electron chi connectivity index (χ1n) is 7.21. The fourth-order valence-electron chi connectivity index (χ4n) is 2.47. The van der Waals surface area contributed by atoms with Gasteiger partial charge < -0.3 is 9.14 Å². The molecule has 0 N–H and O–H groups in total. The van der Waals surface area contributed by atoms with Crippen LogP contribution >= 0.6 is 0 Å². The summed E-state index contributed by atoms with van der Waals surface area (Å²) >= 11 is 0. The summed E-state index contributed by atoms with van der Waals surface area (Å²) < 4.78 is 20.5. The molecule has 0 saturated carbocycles. The van der Waals surface area contributed by atoms with Crippen molar-refractivity contribution in [2.45, 2.75) is 26.2 Å². The number of fused-ring (bicyclic) bond motifs is 1. The van der Waals surface area contributed by atoms with Crippen LogP contribution in [-0.2, 0) is 5.41 Å². The molecule has 114 valence electrons. The first-order chi connectivity index (χ1) is 10.4. The van der Waals surface area contributed by atoms with Crippen LogP contribution in [0.25, 0.3) is 16.9 Å². The van der Waals surface area contributed by atoms with Crippen molar-refractivity contribution in [3.63, 3.8) is 0 Å². The van der Waals surface area contributed by atoms with Gasteiger partial charge in [-0.1, -0.05) is 26.8 Å². The number of aromatic nitrogens is 2. The number of methoxy groups -OCH3 is 1. The fraction of sp³-hybridized carbons (Fsp3) is 0.278. The molecule has 0 atom stereocenters. The molecule has 22 heavy (non-hydrogen) atoms. The van der Waals surface area contributed by atoms with Crippen LogP contribution in [0.1, 0.15) is 26.3 Å². The van der Waals surface area contributed by atoms with E-state index in [1.165, 1.54) is 17.8 Å². The smallest absolute Gasteiger partial charge is 0.139 e. The Morgan fingerprint density at radius 3 is 2.55 bits per heavy atom. The first-order valence-corrected chi connectivity index (χ1v) is 7.21. The summed E-state index contributed by atoms with van der Waals surface area (Å²) in [7, 11) is 1.64. The van der Waals surface area contributed by atoms with Crippen molar-refractivity contribution in [2.24, 2.45) is 0 Å². The lowest BCUT2D eigenvalue weighted by Gasteiger charge is -2.20. The summed E-state index contributed by atoms with van der Waals surface area (Å²) in [5.74, 6) is 0.476. The quantitative estimate of drug-likeness (QED) is 0.699. The summed E-state index contributed by atoms with van der Waals surface area (Å²) in [4.78, 5) is 4.57. The molecule has 0 bridgehead atoms. The molecule has 0 unspecified atom stereocenters. The molecule has 1 aromatic carbocycles. The third-order valence-electron chi connectivity index (χ3n) is 3.76. The molecule has 3 aromatic rings. The molecule has 2 heterocycles. The summed E-state index contributed by atoms with van der Waals surface area (Å²) in [6.07, 6.45) is 3.24. The van der Waals surface area contributed by atoms with Crippen LogP contribution in [0.3, 0.4) is 0 Å². The summed E-state index contributed by atoms with van der Waals surface area (Å²) in [6.45, 7) is 6.49. The standard InChI is InChI=1S/C18H19FN2O/c1-18(2,3)12-5-7-16(22-4)14(9-12)15-11-21-10-13(19)6-8-17(21)20-15/h5-11H,1-4H3. The van der Waals surface area contributed by atoms with Gasteiger partial charge in [0.25, 0.3) is 0 Å². The van der Waals surface area contributed by atoms with Crippen molar-refractivity contribution in [1.82, 2.24) is 9.38 Å². The molecule has 0 amide bonds. The van der Waals surface area contributed by atoms with Crippen LogP contribution in [-0.4, -0.2) is 16.5 Å². The highest BCUT2D eigenvalue weighted by molar-refractivity contribution is 5.70. The maximum atomic E-state index is 13.3. The molecule has 0 spiro atoms. The predicted octanol–water partition coefficient (Wildman–Crippen LogP) is 4.45. The highest BCUT2D eigenvalue weighted by Gasteiger charge is 2.18. The van der Waals surface area contributed by atoms with Gasteiger partial charge in [0, 0.05) is 18.0 Å². The average Bonchev–Trinajstić information content (AvgIpc) is 2.88. The van der Waals surface area contributed by atoms with Gasteiger partial charge in [-0.3, -0.25) is 0 Å². The van der Waals surface area contributed by atoms with Crippen molar-refractivity contribution in [3.8, 4) is 17.0 Å². The second kappa shape index (κ2) is 5.13. The number of rotatable bonds is 2. The lowest BCUT2D eigenvalue weighted by atomic mass is 9.86. The Balaban J connectivity index is 2.19. The normalized spacial score (nSPS) is 11.9. The second-order valence-electron chi connectivity index (χ2n) is 6.40. The van der Waals surface area contributed by atoms with Gasteiger partial charge in [0.1, 0.15) is 17.2 Å². The Morgan fingerprint density at radius 1 is 1.09 bits per heavy atom. The highest BCUT2D eigenvalue weighted by Crippen LogP contribution is 2.34. The Hall–Kier alpha value is -2.36. The number of halogens is 1. The van der Waals surface area contributed by atoms with E-state index in [0.717, 1.165) is 17.0 Å². The topological polar surface area (TPSA) is 26.5 Å². The minimum Gasteiger partial charge on any atom is -0.496 e. The van der Waals surface area contributed by atoms with E-state index in [1.807, 2.05) is 12.3 Å². The number of ether oxygens (including phenoxy) is 1. The van der Waals surface area contributed by atoms with E-state index < -0.39 is 0 Å². The van der Waals surface area contributed by atoms with E-state index >= 15 is 0 Å². The van der Waals surface area contributed by atoms with Crippen molar-refractivity contribution in [3.05, 3.63) is 54.1 Å². The fourth-order valence-corrected chi connectivity index (χ4v) is 2.47. The molecule has 0 radical (unpaired) electrons. The molecule has 3 rings (SSSR count). The molecular weight excluding hydrogens is 279 g/mol. The van der Waals surface area contributed by atoms with Crippen molar-refractivity contribution < 1.29 is 9.13 Å². The number of imidazole rings is 1. The number of nitrogens with zero attached hydrogens (tertiary/aromatic N) is 2. The zero-order chi connectivity index (χ0) is 15.9. The molecule has 0 aliphatic carbocycles. The lowest BCUT2D eigenvalue weighted by Crippen LogP contribution is -2.11. The van der Waals surface area contributed by atoms with Crippen molar-refractivity contribution in [1.29, 1.82) is 0 Å². The van der Waals surface area contributed by atoms with Crippen LogP contribution in [0.5, 0.6) is 5.75 Å². The van der Waals surface area contributed by atoms with E-state index in [9.17, 15) is 4.39 Å². The summed E-state index contributed by atoms with van der Waals surface area (Å²) in [6, 6.07) is 9.20. The molecule has 0 fully saturated rings. The van der Waals surface area contributed by atoms with E-state index in [2.05, 4.69) is 37.9 Å².